The number of anilines is 1. The summed E-state index contributed by atoms with van der Waals surface area (Å²) in [7, 11) is 0. The highest BCUT2D eigenvalue weighted by atomic mass is 16.5. The number of nitrogens with one attached hydrogen (secondary N) is 1. The van der Waals surface area contributed by atoms with Gasteiger partial charge in [-0.3, -0.25) is 4.79 Å². The predicted octanol–water partition coefficient (Wildman–Crippen LogP) is 3.14. The lowest BCUT2D eigenvalue weighted by molar-refractivity contribution is -0.115. The fraction of sp³-hybridized carbons (Fsp3) is 0.167. The minimum Gasteiger partial charge on any atom is -0.489 e. The number of rotatable bonds is 6. The maximum absolute atomic E-state index is 11.9. The molecule has 0 spiro atoms. The van der Waals surface area contributed by atoms with Crippen LogP contribution in [0.3, 0.4) is 0 Å². The Morgan fingerprint density at radius 3 is 2.54 bits per heavy atom. The second-order valence-corrected chi connectivity index (χ2v) is 5.26. The molecule has 0 radical (unpaired) electrons. The Morgan fingerprint density at radius 1 is 1.12 bits per heavy atom. The standard InChI is InChI=1S/C18H17N3O3/c1-13-19-18(24-21-13)11-17(22)20-15-7-9-16(10-8-15)23-12-14-5-3-2-4-6-14/h2-10H,11-12H2,1H3,(H,20,22). The fourth-order valence-corrected chi connectivity index (χ4v) is 2.13. The molecule has 6 nitrogen and oxygen atoms in total. The molecular formula is C18H17N3O3. The van der Waals surface area contributed by atoms with Crippen molar-refractivity contribution < 1.29 is 14.1 Å². The number of ether oxygens (including phenoxy) is 1. The second-order valence-electron chi connectivity index (χ2n) is 5.26. The van der Waals surface area contributed by atoms with Crippen LogP contribution in [0.15, 0.2) is 59.1 Å². The van der Waals surface area contributed by atoms with Gasteiger partial charge in [-0.05, 0) is 36.8 Å². The first-order valence-corrected chi connectivity index (χ1v) is 7.55. The largest absolute Gasteiger partial charge is 0.489 e. The molecule has 24 heavy (non-hydrogen) atoms. The maximum atomic E-state index is 11.9. The number of amides is 1. The first kappa shape index (κ1) is 15.7. The fourth-order valence-electron chi connectivity index (χ4n) is 2.13. The zero-order chi connectivity index (χ0) is 16.8. The van der Waals surface area contributed by atoms with Crippen LogP contribution in [0, 0.1) is 6.92 Å². The van der Waals surface area contributed by atoms with Crippen molar-refractivity contribution in [1.29, 1.82) is 0 Å². The van der Waals surface area contributed by atoms with Crippen LogP contribution in [0.2, 0.25) is 0 Å². The number of nitrogens with zero attached hydrogens (tertiary/aromatic N) is 2. The number of hydrogen-bond donors (Lipinski definition) is 1. The van der Waals surface area contributed by atoms with E-state index in [0.717, 1.165) is 11.3 Å². The monoisotopic (exact) mass is 323 g/mol. The van der Waals surface area contributed by atoms with Crippen molar-refractivity contribution in [1.82, 2.24) is 10.1 Å². The van der Waals surface area contributed by atoms with Crippen molar-refractivity contribution in [3.05, 3.63) is 71.9 Å². The van der Waals surface area contributed by atoms with Gasteiger partial charge in [0, 0.05) is 5.69 Å². The van der Waals surface area contributed by atoms with Crippen LogP contribution in [0.1, 0.15) is 17.3 Å². The van der Waals surface area contributed by atoms with Crippen LogP contribution >= 0.6 is 0 Å². The zero-order valence-electron chi connectivity index (χ0n) is 13.2. The Hall–Kier alpha value is -3.15. The van der Waals surface area contributed by atoms with Gasteiger partial charge in [0.25, 0.3) is 0 Å². The van der Waals surface area contributed by atoms with E-state index in [2.05, 4.69) is 15.5 Å². The highest BCUT2D eigenvalue weighted by molar-refractivity contribution is 5.91. The lowest BCUT2D eigenvalue weighted by atomic mass is 10.2. The molecule has 0 bridgehead atoms. The molecule has 0 unspecified atom stereocenters. The molecule has 0 saturated carbocycles. The van der Waals surface area contributed by atoms with Gasteiger partial charge in [-0.25, -0.2) is 0 Å². The lowest BCUT2D eigenvalue weighted by Crippen LogP contribution is -2.14. The smallest absolute Gasteiger partial charge is 0.236 e. The van der Waals surface area contributed by atoms with Crippen LogP contribution in [0.4, 0.5) is 5.69 Å². The van der Waals surface area contributed by atoms with Gasteiger partial charge in [0.1, 0.15) is 18.8 Å². The minimum absolute atomic E-state index is 0.0487. The van der Waals surface area contributed by atoms with Crippen molar-refractivity contribution in [2.24, 2.45) is 0 Å². The molecule has 0 fully saturated rings. The van der Waals surface area contributed by atoms with E-state index in [4.69, 9.17) is 9.26 Å². The topological polar surface area (TPSA) is 77.2 Å². The van der Waals surface area contributed by atoms with Crippen molar-refractivity contribution >= 4 is 11.6 Å². The molecule has 1 N–H and O–H groups in total. The van der Waals surface area contributed by atoms with Crippen LogP contribution < -0.4 is 10.1 Å². The third kappa shape index (κ3) is 4.42. The minimum atomic E-state index is -0.211. The van der Waals surface area contributed by atoms with Crippen LogP contribution in [0.5, 0.6) is 5.75 Å². The summed E-state index contributed by atoms with van der Waals surface area (Å²) in [5.41, 5.74) is 1.79. The number of hydrogen-bond acceptors (Lipinski definition) is 5. The van der Waals surface area contributed by atoms with Crippen molar-refractivity contribution in [2.45, 2.75) is 20.0 Å². The highest BCUT2D eigenvalue weighted by Gasteiger charge is 2.10. The van der Waals surface area contributed by atoms with E-state index < -0.39 is 0 Å². The number of benzene rings is 2. The molecule has 3 rings (SSSR count). The number of aryl methyl sites for hydroxylation is 1. The molecule has 0 aliphatic heterocycles. The summed E-state index contributed by atoms with van der Waals surface area (Å²) in [5.74, 6) is 1.34. The Labute approximate surface area is 139 Å². The van der Waals surface area contributed by atoms with Crippen LogP contribution in [-0.2, 0) is 17.8 Å². The average molecular weight is 323 g/mol. The van der Waals surface area contributed by atoms with E-state index in [1.165, 1.54) is 0 Å². The summed E-state index contributed by atoms with van der Waals surface area (Å²) in [6.45, 7) is 2.21. The first-order valence-electron chi connectivity index (χ1n) is 7.55. The average Bonchev–Trinajstić information content (AvgIpc) is 3.00. The van der Waals surface area contributed by atoms with Crippen LogP contribution in [0.25, 0.3) is 0 Å². The summed E-state index contributed by atoms with van der Waals surface area (Å²) in [4.78, 5) is 15.9. The van der Waals surface area contributed by atoms with Gasteiger partial charge in [-0.2, -0.15) is 4.98 Å². The maximum Gasteiger partial charge on any atom is 0.236 e. The Balaban J connectivity index is 1.51. The molecule has 2 aromatic carbocycles. The lowest BCUT2D eigenvalue weighted by Gasteiger charge is -2.08. The van der Waals surface area contributed by atoms with Gasteiger partial charge >= 0.3 is 0 Å². The van der Waals surface area contributed by atoms with Gasteiger partial charge < -0.3 is 14.6 Å². The highest BCUT2D eigenvalue weighted by Crippen LogP contribution is 2.17. The summed E-state index contributed by atoms with van der Waals surface area (Å²) in [6, 6.07) is 17.1. The Kier molecular flexibility index (Phi) is 4.86. The van der Waals surface area contributed by atoms with E-state index in [-0.39, 0.29) is 12.3 Å². The Morgan fingerprint density at radius 2 is 1.88 bits per heavy atom. The predicted molar refractivity (Wildman–Crippen MR) is 88.6 cm³/mol. The number of carbonyl (C=O) groups excluding carboxylic acids is 1. The molecular weight excluding hydrogens is 306 g/mol. The van der Waals surface area contributed by atoms with Crippen molar-refractivity contribution in [3.63, 3.8) is 0 Å². The van der Waals surface area contributed by atoms with E-state index in [9.17, 15) is 4.79 Å². The molecule has 1 amide bonds. The third-order valence-corrected chi connectivity index (χ3v) is 3.27. The summed E-state index contributed by atoms with van der Waals surface area (Å²) >= 11 is 0. The summed E-state index contributed by atoms with van der Waals surface area (Å²) in [6.07, 6.45) is 0.0487. The quantitative estimate of drug-likeness (QED) is 0.754. The van der Waals surface area contributed by atoms with Gasteiger partial charge in [0.15, 0.2) is 5.82 Å². The summed E-state index contributed by atoms with van der Waals surface area (Å²) < 4.78 is 10.6. The van der Waals surface area contributed by atoms with E-state index >= 15 is 0 Å². The molecule has 0 saturated heterocycles. The van der Waals surface area contributed by atoms with E-state index in [1.807, 2.05) is 42.5 Å². The normalized spacial score (nSPS) is 10.4. The third-order valence-electron chi connectivity index (χ3n) is 3.27. The van der Waals surface area contributed by atoms with Crippen LogP contribution in [-0.4, -0.2) is 16.0 Å². The van der Waals surface area contributed by atoms with Gasteiger partial charge in [0.2, 0.25) is 11.8 Å². The Bertz CT molecular complexity index is 798. The molecule has 0 atom stereocenters. The summed E-state index contributed by atoms with van der Waals surface area (Å²) in [5, 5.41) is 6.43. The van der Waals surface area contributed by atoms with Crippen molar-refractivity contribution in [2.75, 3.05) is 5.32 Å². The molecule has 1 heterocycles. The second kappa shape index (κ2) is 7.41. The van der Waals surface area contributed by atoms with E-state index in [0.29, 0.717) is 24.0 Å². The molecule has 122 valence electrons. The van der Waals surface area contributed by atoms with Crippen molar-refractivity contribution in [3.8, 4) is 5.75 Å². The van der Waals surface area contributed by atoms with Gasteiger partial charge in [-0.15, -0.1) is 0 Å². The number of carbonyl (C=O) groups is 1. The van der Waals surface area contributed by atoms with Gasteiger partial charge in [0.05, 0.1) is 0 Å². The molecule has 1 aromatic heterocycles. The molecule has 3 aromatic rings. The molecule has 0 aliphatic carbocycles. The first-order chi connectivity index (χ1) is 11.7. The SMILES string of the molecule is Cc1noc(CC(=O)Nc2ccc(OCc3ccccc3)cc2)n1. The number of aromatic nitrogens is 2. The molecule has 0 aliphatic rings. The zero-order valence-corrected chi connectivity index (χ0v) is 13.2. The molecule has 6 heteroatoms. The van der Waals surface area contributed by atoms with Gasteiger partial charge in [-0.1, -0.05) is 35.5 Å². The van der Waals surface area contributed by atoms with E-state index in [1.54, 1.807) is 19.1 Å².